The molecule has 1 N–H and O–H groups in total. The normalized spacial score (nSPS) is 18.1. The van der Waals surface area contributed by atoms with Crippen LogP contribution >= 0.6 is 0 Å². The summed E-state index contributed by atoms with van der Waals surface area (Å²) in [5, 5.41) is 3.05. The Morgan fingerprint density at radius 2 is 1.70 bits per heavy atom. The van der Waals surface area contributed by atoms with Crippen molar-refractivity contribution in [1.82, 2.24) is 0 Å². The molecule has 2 heterocycles. The number of nitrogens with zero attached hydrogens (tertiary/aromatic N) is 1. The molecule has 6 heteroatoms. The van der Waals surface area contributed by atoms with Crippen molar-refractivity contribution in [2.75, 3.05) is 17.3 Å². The number of anilines is 2. The molecule has 0 saturated carbocycles. The number of ether oxygens (including phenoxy) is 1. The highest BCUT2D eigenvalue weighted by atomic mass is 16.5. The van der Waals surface area contributed by atoms with E-state index in [1.165, 1.54) is 4.90 Å². The molecule has 1 saturated heterocycles. The second-order valence-electron chi connectivity index (χ2n) is 7.60. The highest BCUT2D eigenvalue weighted by Crippen LogP contribution is 2.46. The zero-order chi connectivity index (χ0) is 21.5. The molecule has 2 amide bonds. The Hall–Kier alpha value is -3.54. The molecular weight excluding hydrogens is 380 g/mol. The number of aryl methyl sites for hydroxylation is 3. The van der Waals surface area contributed by atoms with E-state index < -0.39 is 5.54 Å². The molecular formula is C24H24N2O4. The molecule has 1 aliphatic rings. The van der Waals surface area contributed by atoms with E-state index in [2.05, 4.69) is 5.32 Å². The average molecular weight is 404 g/mol. The molecule has 1 fully saturated rings. The summed E-state index contributed by atoms with van der Waals surface area (Å²) in [6, 6.07) is 16.5. The molecule has 4 rings (SSSR count). The zero-order valence-corrected chi connectivity index (χ0v) is 17.5. The summed E-state index contributed by atoms with van der Waals surface area (Å²) < 4.78 is 11.1. The van der Waals surface area contributed by atoms with Crippen molar-refractivity contribution >= 4 is 23.2 Å². The standard InChI is InChI=1S/C24H24N2O4/c1-15-6-5-7-16(2)22(15)25-23(28)24(20-13-8-17(3)30-20)14-21(27)26(24)18-9-11-19(29-4)12-10-18/h5-13H,14H2,1-4H3,(H,25,28)/t24-/m0/s1. The Bertz CT molecular complexity index is 1100. The van der Waals surface area contributed by atoms with Gasteiger partial charge in [0, 0.05) is 11.4 Å². The Morgan fingerprint density at radius 1 is 1.03 bits per heavy atom. The number of β-lactam (4-membered cyclic amide) rings is 1. The Labute approximate surface area is 175 Å². The van der Waals surface area contributed by atoms with Crippen molar-refractivity contribution < 1.29 is 18.7 Å². The molecule has 2 aromatic carbocycles. The monoisotopic (exact) mass is 404 g/mol. The van der Waals surface area contributed by atoms with E-state index in [1.807, 2.05) is 39.0 Å². The van der Waals surface area contributed by atoms with Crippen molar-refractivity contribution in [3.63, 3.8) is 0 Å². The third kappa shape index (κ3) is 3.05. The van der Waals surface area contributed by atoms with E-state index in [0.29, 0.717) is 23.0 Å². The minimum Gasteiger partial charge on any atom is -0.497 e. The minimum atomic E-state index is -1.26. The van der Waals surface area contributed by atoms with Gasteiger partial charge in [-0.25, -0.2) is 0 Å². The largest absolute Gasteiger partial charge is 0.497 e. The highest BCUT2D eigenvalue weighted by molar-refractivity contribution is 6.16. The summed E-state index contributed by atoms with van der Waals surface area (Å²) >= 11 is 0. The smallest absolute Gasteiger partial charge is 0.259 e. The first-order valence-corrected chi connectivity index (χ1v) is 9.78. The molecule has 3 aromatic rings. The first kappa shape index (κ1) is 19.8. The Balaban J connectivity index is 1.79. The van der Waals surface area contributed by atoms with Gasteiger partial charge in [-0.3, -0.25) is 14.5 Å². The molecule has 0 radical (unpaired) electrons. The van der Waals surface area contributed by atoms with Crippen molar-refractivity contribution in [2.45, 2.75) is 32.7 Å². The number of benzene rings is 2. The average Bonchev–Trinajstić information content (AvgIpc) is 3.15. The number of hydrogen-bond acceptors (Lipinski definition) is 4. The van der Waals surface area contributed by atoms with Crippen LogP contribution in [0.3, 0.4) is 0 Å². The van der Waals surface area contributed by atoms with E-state index in [-0.39, 0.29) is 18.2 Å². The Kier molecular flexibility index (Phi) is 4.86. The molecule has 1 aromatic heterocycles. The molecule has 6 nitrogen and oxygen atoms in total. The molecule has 0 aliphatic carbocycles. The number of rotatable bonds is 5. The van der Waals surface area contributed by atoms with Gasteiger partial charge in [-0.15, -0.1) is 0 Å². The summed E-state index contributed by atoms with van der Waals surface area (Å²) in [5.41, 5.74) is 2.01. The maximum atomic E-state index is 13.7. The van der Waals surface area contributed by atoms with Gasteiger partial charge in [0.15, 0.2) is 5.54 Å². The van der Waals surface area contributed by atoms with Crippen LogP contribution in [0.25, 0.3) is 0 Å². The van der Waals surface area contributed by atoms with Crippen LogP contribution in [-0.2, 0) is 15.1 Å². The number of methoxy groups -OCH3 is 1. The molecule has 154 valence electrons. The summed E-state index contributed by atoms with van der Waals surface area (Å²) in [6.07, 6.45) is 0.0305. The van der Waals surface area contributed by atoms with E-state index in [4.69, 9.17) is 9.15 Å². The third-order valence-corrected chi connectivity index (χ3v) is 5.61. The zero-order valence-electron chi connectivity index (χ0n) is 17.5. The van der Waals surface area contributed by atoms with Crippen LogP contribution in [0.15, 0.2) is 59.0 Å². The van der Waals surface area contributed by atoms with Gasteiger partial charge in [0.2, 0.25) is 5.91 Å². The molecule has 1 atom stereocenters. The van der Waals surface area contributed by atoms with E-state index in [0.717, 1.165) is 16.8 Å². The van der Waals surface area contributed by atoms with Crippen LogP contribution in [0.2, 0.25) is 0 Å². The van der Waals surface area contributed by atoms with Crippen molar-refractivity contribution in [2.24, 2.45) is 0 Å². The number of nitrogens with one attached hydrogen (secondary N) is 1. The Morgan fingerprint density at radius 3 is 2.23 bits per heavy atom. The highest BCUT2D eigenvalue weighted by Gasteiger charge is 2.60. The van der Waals surface area contributed by atoms with Gasteiger partial charge in [0.25, 0.3) is 5.91 Å². The van der Waals surface area contributed by atoms with Gasteiger partial charge in [0.05, 0.1) is 13.5 Å². The van der Waals surface area contributed by atoms with Crippen LogP contribution < -0.4 is 15.0 Å². The summed E-state index contributed by atoms with van der Waals surface area (Å²) in [5.74, 6) is 1.35. The van der Waals surface area contributed by atoms with Gasteiger partial charge >= 0.3 is 0 Å². The lowest BCUT2D eigenvalue weighted by molar-refractivity contribution is -0.138. The van der Waals surface area contributed by atoms with Gasteiger partial charge in [-0.05, 0) is 68.3 Å². The molecule has 0 unspecified atom stereocenters. The number of amides is 2. The maximum absolute atomic E-state index is 13.7. The number of furan rings is 1. The van der Waals surface area contributed by atoms with Gasteiger partial charge in [-0.2, -0.15) is 0 Å². The number of para-hydroxylation sites is 1. The number of carbonyl (C=O) groups is 2. The maximum Gasteiger partial charge on any atom is 0.259 e. The molecule has 1 aliphatic heterocycles. The van der Waals surface area contributed by atoms with Crippen LogP contribution in [-0.4, -0.2) is 18.9 Å². The first-order valence-electron chi connectivity index (χ1n) is 9.78. The number of hydrogen-bond donors (Lipinski definition) is 1. The van der Waals surface area contributed by atoms with E-state index in [1.54, 1.807) is 43.5 Å². The van der Waals surface area contributed by atoms with Crippen LogP contribution in [0.1, 0.15) is 29.1 Å². The topological polar surface area (TPSA) is 71.8 Å². The predicted molar refractivity (Wildman–Crippen MR) is 115 cm³/mol. The summed E-state index contributed by atoms with van der Waals surface area (Å²) in [4.78, 5) is 27.9. The van der Waals surface area contributed by atoms with Crippen LogP contribution in [0.5, 0.6) is 5.75 Å². The summed E-state index contributed by atoms with van der Waals surface area (Å²) in [6.45, 7) is 5.71. The number of carbonyl (C=O) groups excluding carboxylic acids is 2. The lowest BCUT2D eigenvalue weighted by Crippen LogP contribution is -2.67. The van der Waals surface area contributed by atoms with Crippen molar-refractivity contribution in [3.8, 4) is 5.75 Å². The second-order valence-corrected chi connectivity index (χ2v) is 7.60. The van der Waals surface area contributed by atoms with Crippen LogP contribution in [0.4, 0.5) is 11.4 Å². The fourth-order valence-electron chi connectivity index (χ4n) is 3.97. The van der Waals surface area contributed by atoms with Gasteiger partial charge in [-0.1, -0.05) is 18.2 Å². The van der Waals surface area contributed by atoms with E-state index in [9.17, 15) is 9.59 Å². The van der Waals surface area contributed by atoms with E-state index >= 15 is 0 Å². The third-order valence-electron chi connectivity index (χ3n) is 5.61. The second kappa shape index (κ2) is 7.37. The quantitative estimate of drug-likeness (QED) is 0.636. The van der Waals surface area contributed by atoms with Crippen LogP contribution in [0, 0.1) is 20.8 Å². The summed E-state index contributed by atoms with van der Waals surface area (Å²) in [7, 11) is 1.58. The fraction of sp³-hybridized carbons (Fsp3) is 0.250. The minimum absolute atomic E-state index is 0.0305. The lowest BCUT2D eigenvalue weighted by atomic mass is 9.79. The molecule has 0 spiro atoms. The predicted octanol–water partition coefficient (Wildman–Crippen LogP) is 4.48. The molecule has 0 bridgehead atoms. The SMILES string of the molecule is COc1ccc(N2C(=O)C[C@@]2(C(=O)Nc2c(C)cccc2C)c2ccc(C)o2)cc1. The van der Waals surface area contributed by atoms with Gasteiger partial charge in [0.1, 0.15) is 17.3 Å². The van der Waals surface area contributed by atoms with Crippen molar-refractivity contribution in [3.05, 3.63) is 77.2 Å². The molecule has 30 heavy (non-hydrogen) atoms. The fourth-order valence-corrected chi connectivity index (χ4v) is 3.97. The first-order chi connectivity index (χ1) is 14.4. The van der Waals surface area contributed by atoms with Gasteiger partial charge < -0.3 is 14.5 Å². The van der Waals surface area contributed by atoms with Crippen molar-refractivity contribution in [1.29, 1.82) is 0 Å². The lowest BCUT2D eigenvalue weighted by Gasteiger charge is -2.49.